The van der Waals surface area contributed by atoms with Crippen LogP contribution >= 0.6 is 0 Å². The molecule has 2 aromatic heterocycles. The molecule has 1 aromatic carbocycles. The third-order valence-electron chi connectivity index (χ3n) is 3.96. The highest BCUT2D eigenvalue weighted by Crippen LogP contribution is 2.26. The number of methoxy groups -OCH3 is 1. The van der Waals surface area contributed by atoms with E-state index in [1.807, 2.05) is 43.5 Å². The fourth-order valence-electron chi connectivity index (χ4n) is 2.67. The maximum Gasteiger partial charge on any atom is 0.330 e. The topological polar surface area (TPSA) is 57.0 Å². The van der Waals surface area contributed by atoms with Crippen LogP contribution in [0.4, 0.5) is 0 Å². The van der Waals surface area contributed by atoms with Gasteiger partial charge in [-0.05, 0) is 41.8 Å². The lowest BCUT2D eigenvalue weighted by Gasteiger charge is -2.12. The molecule has 0 saturated heterocycles. The van der Waals surface area contributed by atoms with Gasteiger partial charge >= 0.3 is 5.97 Å². The summed E-state index contributed by atoms with van der Waals surface area (Å²) in [5, 5.41) is 4.56. The van der Waals surface area contributed by atoms with Gasteiger partial charge in [0.1, 0.15) is 6.04 Å². The van der Waals surface area contributed by atoms with Gasteiger partial charge in [0.05, 0.1) is 12.8 Å². The molecule has 3 aromatic rings. The first-order valence-corrected chi connectivity index (χ1v) is 7.86. The molecule has 0 bridgehead atoms. The molecule has 0 radical (unpaired) electrons. The number of esters is 1. The molecule has 0 saturated carbocycles. The number of hydrogen-bond acceptors (Lipinski definition) is 4. The van der Waals surface area contributed by atoms with Gasteiger partial charge in [0, 0.05) is 24.2 Å². The van der Waals surface area contributed by atoms with Gasteiger partial charge in [0.15, 0.2) is 0 Å². The van der Waals surface area contributed by atoms with Gasteiger partial charge in [0.25, 0.3) is 0 Å². The summed E-state index contributed by atoms with van der Waals surface area (Å²) in [5.74, 6) is -0.280. The molecule has 0 aliphatic rings. The van der Waals surface area contributed by atoms with E-state index in [1.54, 1.807) is 17.1 Å². The van der Waals surface area contributed by atoms with Crippen molar-refractivity contribution in [1.82, 2.24) is 14.8 Å². The van der Waals surface area contributed by atoms with Crippen molar-refractivity contribution in [1.29, 1.82) is 0 Å². The maximum absolute atomic E-state index is 11.8. The third-order valence-corrected chi connectivity index (χ3v) is 3.96. The number of benzene rings is 1. The summed E-state index contributed by atoms with van der Waals surface area (Å²) < 4.78 is 6.51. The number of aromatic nitrogens is 3. The molecule has 24 heavy (non-hydrogen) atoms. The van der Waals surface area contributed by atoms with Crippen LogP contribution in [0.3, 0.4) is 0 Å². The molecule has 0 spiro atoms. The second-order valence-corrected chi connectivity index (χ2v) is 5.44. The van der Waals surface area contributed by atoms with Crippen LogP contribution < -0.4 is 0 Å². The molecule has 0 aliphatic carbocycles. The molecule has 0 fully saturated rings. The van der Waals surface area contributed by atoms with Crippen molar-refractivity contribution < 1.29 is 9.53 Å². The summed E-state index contributed by atoms with van der Waals surface area (Å²) >= 11 is 0. The normalized spacial score (nSPS) is 11.9. The highest BCUT2D eigenvalue weighted by Gasteiger charge is 2.20. The molecular formula is C19H19N3O2. The lowest BCUT2D eigenvalue weighted by molar-refractivity contribution is -0.145. The van der Waals surface area contributed by atoms with Crippen molar-refractivity contribution in [2.45, 2.75) is 19.4 Å². The quantitative estimate of drug-likeness (QED) is 0.672. The first-order chi connectivity index (χ1) is 11.7. The average molecular weight is 321 g/mol. The van der Waals surface area contributed by atoms with Gasteiger partial charge in [-0.2, -0.15) is 5.10 Å². The second-order valence-electron chi connectivity index (χ2n) is 5.44. The van der Waals surface area contributed by atoms with E-state index < -0.39 is 6.04 Å². The maximum atomic E-state index is 11.8. The van der Waals surface area contributed by atoms with Crippen molar-refractivity contribution in [2.24, 2.45) is 0 Å². The first kappa shape index (κ1) is 15.9. The molecule has 0 N–H and O–H groups in total. The van der Waals surface area contributed by atoms with Crippen LogP contribution in [-0.4, -0.2) is 27.8 Å². The van der Waals surface area contributed by atoms with Gasteiger partial charge in [-0.1, -0.05) is 25.1 Å². The third kappa shape index (κ3) is 3.20. The number of nitrogens with zero attached hydrogens (tertiary/aromatic N) is 3. The van der Waals surface area contributed by atoms with Crippen LogP contribution in [0.2, 0.25) is 0 Å². The van der Waals surface area contributed by atoms with Gasteiger partial charge in [-0.25, -0.2) is 4.79 Å². The monoisotopic (exact) mass is 321 g/mol. The van der Waals surface area contributed by atoms with Crippen LogP contribution in [0.15, 0.2) is 61.1 Å². The Morgan fingerprint density at radius 2 is 1.88 bits per heavy atom. The Morgan fingerprint density at radius 1 is 1.12 bits per heavy atom. The van der Waals surface area contributed by atoms with E-state index in [2.05, 4.69) is 22.2 Å². The highest BCUT2D eigenvalue weighted by molar-refractivity contribution is 5.74. The van der Waals surface area contributed by atoms with Crippen LogP contribution in [-0.2, 0) is 9.53 Å². The Kier molecular flexibility index (Phi) is 4.70. The number of ether oxygens (including phenoxy) is 1. The lowest BCUT2D eigenvalue weighted by Crippen LogP contribution is -2.20. The van der Waals surface area contributed by atoms with Gasteiger partial charge in [0.2, 0.25) is 0 Å². The molecule has 0 amide bonds. The van der Waals surface area contributed by atoms with Crippen LogP contribution in [0.5, 0.6) is 0 Å². The zero-order valence-electron chi connectivity index (χ0n) is 13.7. The number of pyridine rings is 1. The van der Waals surface area contributed by atoms with Gasteiger partial charge in [-0.15, -0.1) is 0 Å². The van der Waals surface area contributed by atoms with Gasteiger partial charge in [-0.3, -0.25) is 9.67 Å². The fourth-order valence-corrected chi connectivity index (χ4v) is 2.67. The smallest absolute Gasteiger partial charge is 0.330 e. The van der Waals surface area contributed by atoms with Crippen molar-refractivity contribution in [2.75, 3.05) is 7.11 Å². The van der Waals surface area contributed by atoms with Crippen molar-refractivity contribution in [3.05, 3.63) is 61.1 Å². The van der Waals surface area contributed by atoms with Crippen LogP contribution in [0, 0.1) is 0 Å². The minimum atomic E-state index is -0.396. The number of carbonyl (C=O) groups is 1. The molecule has 5 nitrogen and oxygen atoms in total. The largest absolute Gasteiger partial charge is 0.467 e. The zero-order valence-corrected chi connectivity index (χ0v) is 13.7. The Bertz CT molecular complexity index is 827. The van der Waals surface area contributed by atoms with Crippen molar-refractivity contribution in [3.8, 4) is 22.4 Å². The lowest BCUT2D eigenvalue weighted by atomic mass is 10.0. The zero-order chi connectivity index (χ0) is 16.9. The molecule has 3 rings (SSSR count). The molecule has 122 valence electrons. The molecule has 1 atom stereocenters. The highest BCUT2D eigenvalue weighted by atomic mass is 16.5. The standard InChI is InChI=1S/C19H19N3O2/c1-3-18(19(23)24-2)22-12-9-17(21-22)16-6-4-5-15(13-16)14-7-10-20-11-8-14/h4-13,18H,3H2,1-2H3/t18-/m0/s1. The van der Waals surface area contributed by atoms with E-state index >= 15 is 0 Å². The molecule has 5 heteroatoms. The summed E-state index contributed by atoms with van der Waals surface area (Å²) in [6, 6.07) is 13.6. The van der Waals surface area contributed by atoms with E-state index in [0.717, 1.165) is 22.4 Å². The second kappa shape index (κ2) is 7.08. The van der Waals surface area contributed by atoms with E-state index in [4.69, 9.17) is 4.74 Å². The van der Waals surface area contributed by atoms with Crippen LogP contribution in [0.25, 0.3) is 22.4 Å². The number of carbonyl (C=O) groups excluding carboxylic acids is 1. The van der Waals surface area contributed by atoms with E-state index in [0.29, 0.717) is 6.42 Å². The molecule has 0 aliphatic heterocycles. The fraction of sp³-hybridized carbons (Fsp3) is 0.211. The summed E-state index contributed by atoms with van der Waals surface area (Å²) in [6.07, 6.45) is 6.00. The molecule has 0 unspecified atom stereocenters. The molecular weight excluding hydrogens is 302 g/mol. The average Bonchev–Trinajstić information content (AvgIpc) is 3.13. The predicted octanol–water partition coefficient (Wildman–Crippen LogP) is 3.74. The summed E-state index contributed by atoms with van der Waals surface area (Å²) in [6.45, 7) is 1.94. The predicted molar refractivity (Wildman–Crippen MR) is 92.2 cm³/mol. The Balaban J connectivity index is 1.92. The first-order valence-electron chi connectivity index (χ1n) is 7.86. The SMILES string of the molecule is CC[C@@H](C(=O)OC)n1ccc(-c2cccc(-c3ccncc3)c2)n1. The number of rotatable bonds is 5. The van der Waals surface area contributed by atoms with E-state index in [9.17, 15) is 4.79 Å². The minimum Gasteiger partial charge on any atom is -0.467 e. The Morgan fingerprint density at radius 3 is 2.58 bits per heavy atom. The van der Waals surface area contributed by atoms with E-state index in [-0.39, 0.29) is 5.97 Å². The Hall–Kier alpha value is -2.95. The summed E-state index contributed by atoms with van der Waals surface area (Å²) in [4.78, 5) is 15.9. The Labute approximate surface area is 140 Å². The van der Waals surface area contributed by atoms with Crippen molar-refractivity contribution in [3.63, 3.8) is 0 Å². The van der Waals surface area contributed by atoms with Crippen molar-refractivity contribution >= 4 is 5.97 Å². The van der Waals surface area contributed by atoms with Gasteiger partial charge < -0.3 is 4.74 Å². The summed E-state index contributed by atoms with van der Waals surface area (Å²) in [5.41, 5.74) is 4.03. The molecule has 2 heterocycles. The van der Waals surface area contributed by atoms with E-state index in [1.165, 1.54) is 7.11 Å². The minimum absolute atomic E-state index is 0.280. The summed E-state index contributed by atoms with van der Waals surface area (Å²) in [7, 11) is 1.40. The van der Waals surface area contributed by atoms with Crippen LogP contribution in [0.1, 0.15) is 19.4 Å². The number of hydrogen-bond donors (Lipinski definition) is 0.